The number of amides is 1. The number of ether oxygens (including phenoxy) is 2. The second-order valence-electron chi connectivity index (χ2n) is 11.2. The number of carbonyl (C=O) groups is 1. The van der Waals surface area contributed by atoms with Crippen LogP contribution in [0, 0.1) is 0 Å². The molecule has 0 saturated heterocycles. The third-order valence-electron chi connectivity index (χ3n) is 7.29. The Bertz CT molecular complexity index is 1700. The Kier molecular flexibility index (Phi) is 8.00. The average Bonchev–Trinajstić information content (AvgIpc) is 2.95. The van der Waals surface area contributed by atoms with Crippen LogP contribution < -0.4 is 25.3 Å². The molecule has 2 aromatic heterocycles. The Balaban J connectivity index is 1.41. The quantitative estimate of drug-likeness (QED) is 0.230. The van der Waals surface area contributed by atoms with Crippen molar-refractivity contribution in [1.29, 1.82) is 0 Å². The number of hydrogen-bond acceptors (Lipinski definition) is 9. The maximum Gasteiger partial charge on any atom is 0.336 e. The summed E-state index contributed by atoms with van der Waals surface area (Å²) in [6, 6.07) is 14.5. The van der Waals surface area contributed by atoms with Gasteiger partial charge in [0.1, 0.15) is 29.4 Å². The van der Waals surface area contributed by atoms with Crippen molar-refractivity contribution in [2.75, 3.05) is 44.4 Å². The summed E-state index contributed by atoms with van der Waals surface area (Å²) in [7, 11) is 6.03. The minimum atomic E-state index is -0.693. The molecule has 10 nitrogen and oxygen atoms in total. The molecule has 10 heteroatoms. The van der Waals surface area contributed by atoms with Crippen LogP contribution in [0.25, 0.3) is 22.2 Å². The summed E-state index contributed by atoms with van der Waals surface area (Å²) in [4.78, 5) is 37.0. The highest BCUT2D eigenvalue weighted by molar-refractivity contribution is 6.01. The zero-order chi connectivity index (χ0) is 30.0. The average molecular weight is 570 g/mol. The van der Waals surface area contributed by atoms with Crippen molar-refractivity contribution >= 4 is 28.3 Å². The lowest BCUT2D eigenvalue weighted by atomic mass is 9.90. The molecule has 3 heterocycles. The maximum absolute atomic E-state index is 12.2. The molecule has 42 heavy (non-hydrogen) atoms. The summed E-state index contributed by atoms with van der Waals surface area (Å²) in [5.41, 5.74) is 3.31. The number of anilines is 2. The van der Waals surface area contributed by atoms with Crippen LogP contribution in [0.5, 0.6) is 11.6 Å². The number of aromatic nitrogens is 2. The minimum absolute atomic E-state index is 0.296. The Morgan fingerprint density at radius 2 is 1.93 bits per heavy atom. The largest absolute Gasteiger partial charge is 0.484 e. The summed E-state index contributed by atoms with van der Waals surface area (Å²) in [5, 5.41) is 3.74. The Morgan fingerprint density at radius 1 is 1.12 bits per heavy atom. The van der Waals surface area contributed by atoms with Crippen molar-refractivity contribution in [3.05, 3.63) is 83.5 Å². The van der Waals surface area contributed by atoms with Gasteiger partial charge in [0.05, 0.1) is 17.1 Å². The summed E-state index contributed by atoms with van der Waals surface area (Å²) in [6.07, 6.45) is 2.93. The van der Waals surface area contributed by atoms with E-state index >= 15 is 0 Å². The molecule has 0 radical (unpaired) electrons. The van der Waals surface area contributed by atoms with E-state index in [4.69, 9.17) is 13.9 Å². The molecular formula is C32H35N5O5. The second kappa shape index (κ2) is 11.7. The monoisotopic (exact) mass is 569 g/mol. The van der Waals surface area contributed by atoms with Gasteiger partial charge in [-0.05, 0) is 63.8 Å². The Labute approximate surface area is 244 Å². The van der Waals surface area contributed by atoms with Crippen LogP contribution in [0.1, 0.15) is 19.4 Å². The molecule has 0 unspecified atom stereocenters. The van der Waals surface area contributed by atoms with Crippen molar-refractivity contribution in [3.8, 4) is 22.9 Å². The number of rotatable bonds is 9. The number of carbonyl (C=O) groups excluding carboxylic acids is 1. The number of nitrogens with zero attached hydrogens (tertiary/aromatic N) is 4. The van der Waals surface area contributed by atoms with E-state index in [1.807, 2.05) is 59.3 Å². The highest BCUT2D eigenvalue weighted by atomic mass is 16.6. The van der Waals surface area contributed by atoms with Crippen LogP contribution in [0.4, 0.5) is 11.4 Å². The predicted molar refractivity (Wildman–Crippen MR) is 163 cm³/mol. The summed E-state index contributed by atoms with van der Waals surface area (Å²) in [6.45, 7) is 9.13. The van der Waals surface area contributed by atoms with Gasteiger partial charge >= 0.3 is 5.63 Å². The summed E-state index contributed by atoms with van der Waals surface area (Å²) in [5.74, 6) is 0.770. The second-order valence-corrected chi connectivity index (χ2v) is 11.2. The van der Waals surface area contributed by atoms with Gasteiger partial charge in [-0.1, -0.05) is 12.6 Å². The van der Waals surface area contributed by atoms with Crippen molar-refractivity contribution in [2.45, 2.75) is 32.0 Å². The van der Waals surface area contributed by atoms with E-state index in [1.165, 1.54) is 18.5 Å². The van der Waals surface area contributed by atoms with Crippen LogP contribution in [0.15, 0.2) is 76.7 Å². The lowest BCUT2D eigenvalue weighted by Crippen LogP contribution is -2.49. The number of likely N-dealkylation sites (N-methyl/N-ethyl adjacent to an activating group) is 2. The fourth-order valence-corrected chi connectivity index (χ4v) is 4.87. The molecule has 0 bridgehead atoms. The van der Waals surface area contributed by atoms with Crippen molar-refractivity contribution < 1.29 is 18.7 Å². The highest BCUT2D eigenvalue weighted by Crippen LogP contribution is 2.38. The van der Waals surface area contributed by atoms with Crippen molar-refractivity contribution in [1.82, 2.24) is 14.9 Å². The molecule has 0 saturated carbocycles. The highest BCUT2D eigenvalue weighted by Gasteiger charge is 2.39. The fourth-order valence-electron chi connectivity index (χ4n) is 4.87. The third-order valence-corrected chi connectivity index (χ3v) is 7.29. The predicted octanol–water partition coefficient (Wildman–Crippen LogP) is 4.53. The first-order valence-corrected chi connectivity index (χ1v) is 13.7. The molecule has 218 valence electrons. The number of nitrogens with one attached hydrogen (secondary N) is 1. The van der Waals surface area contributed by atoms with Gasteiger partial charge in [0.25, 0.3) is 0 Å². The number of benzene rings is 2. The number of fused-ring (bicyclic) bond motifs is 2. The van der Waals surface area contributed by atoms with Crippen LogP contribution in [-0.4, -0.2) is 66.7 Å². The normalized spacial score (nSPS) is 15.5. The van der Waals surface area contributed by atoms with Crippen LogP contribution in [-0.2, 0) is 11.2 Å². The van der Waals surface area contributed by atoms with Gasteiger partial charge in [-0.2, -0.15) is 0 Å². The first-order chi connectivity index (χ1) is 20.0. The molecule has 1 N–H and O–H groups in total. The van der Waals surface area contributed by atoms with E-state index in [0.717, 1.165) is 35.3 Å². The summed E-state index contributed by atoms with van der Waals surface area (Å²) >= 11 is 0. The van der Waals surface area contributed by atoms with Crippen LogP contribution >= 0.6 is 0 Å². The van der Waals surface area contributed by atoms with Gasteiger partial charge in [0, 0.05) is 55.7 Å². The van der Waals surface area contributed by atoms with Gasteiger partial charge in [0.15, 0.2) is 0 Å². The Morgan fingerprint density at radius 3 is 2.69 bits per heavy atom. The fraction of sp³-hybridized carbons (Fsp3) is 0.312. The third kappa shape index (κ3) is 6.28. The van der Waals surface area contributed by atoms with Crippen molar-refractivity contribution in [3.63, 3.8) is 0 Å². The van der Waals surface area contributed by atoms with Crippen molar-refractivity contribution in [2.24, 2.45) is 0 Å². The van der Waals surface area contributed by atoms with Crippen LogP contribution in [0.2, 0.25) is 0 Å². The molecule has 1 aliphatic rings. The minimum Gasteiger partial charge on any atom is -0.484 e. The van der Waals surface area contributed by atoms with E-state index in [9.17, 15) is 9.59 Å². The Hall–Kier alpha value is -4.70. The van der Waals surface area contributed by atoms with Crippen LogP contribution in [0.3, 0.4) is 0 Å². The smallest absolute Gasteiger partial charge is 0.336 e. The SMILES string of the molecule is C=CC(=O)Nc1cc(-c2cc(O[C@H]3Cc4cc5ccc(=O)oc5cc4OC3(C)C)ncn2)ccc1N(C)CCN(C)C. The first kappa shape index (κ1) is 28.8. The van der Waals surface area contributed by atoms with Gasteiger partial charge in [-0.25, -0.2) is 14.8 Å². The maximum atomic E-state index is 12.2. The zero-order valence-corrected chi connectivity index (χ0v) is 24.5. The van der Waals surface area contributed by atoms with E-state index in [-0.39, 0.29) is 12.0 Å². The molecule has 5 rings (SSSR count). The van der Waals surface area contributed by atoms with Gasteiger partial charge in [-0.15, -0.1) is 0 Å². The lowest BCUT2D eigenvalue weighted by molar-refractivity contribution is -0.111. The first-order valence-electron chi connectivity index (χ1n) is 13.7. The molecule has 0 aliphatic carbocycles. The lowest BCUT2D eigenvalue weighted by Gasteiger charge is -2.39. The molecule has 2 aromatic carbocycles. The van der Waals surface area contributed by atoms with Gasteiger partial charge in [0.2, 0.25) is 11.8 Å². The molecule has 0 spiro atoms. The topological polar surface area (TPSA) is 110 Å². The molecule has 1 atom stereocenters. The zero-order valence-electron chi connectivity index (χ0n) is 24.5. The number of hydrogen-bond donors (Lipinski definition) is 1. The standard InChI is InChI=1S/C32H35N5O5/c1-7-29(38)35-24-15-20(8-10-25(24)37(6)13-12-36(4)5)23-17-30(34-19-33-23)41-28-16-22-14-21-9-11-31(39)40-26(21)18-27(22)42-32(28,2)3/h7-11,14-15,17-19,28H,1,12-13,16H2,2-6H3,(H,35,38)/t28-/m0/s1. The van der Waals surface area contributed by atoms with E-state index in [1.54, 1.807) is 18.2 Å². The molecule has 0 fully saturated rings. The molecule has 4 aromatic rings. The van der Waals surface area contributed by atoms with Gasteiger partial charge in [-0.3, -0.25) is 4.79 Å². The van der Waals surface area contributed by atoms with E-state index < -0.39 is 11.2 Å². The van der Waals surface area contributed by atoms with Gasteiger partial charge < -0.3 is 29.0 Å². The molecule has 1 aliphatic heterocycles. The van der Waals surface area contributed by atoms with E-state index in [2.05, 4.69) is 31.7 Å². The molecule has 1 amide bonds. The summed E-state index contributed by atoms with van der Waals surface area (Å²) < 4.78 is 18.1. The van der Waals surface area contributed by atoms with E-state index in [0.29, 0.717) is 35.0 Å². The molecular weight excluding hydrogens is 534 g/mol.